The number of nitrogen functional groups attached to an aromatic ring is 1. The van der Waals surface area contributed by atoms with Gasteiger partial charge in [-0.05, 0) is 37.3 Å². The van der Waals surface area contributed by atoms with Crippen molar-refractivity contribution >= 4 is 34.9 Å². The summed E-state index contributed by atoms with van der Waals surface area (Å²) < 4.78 is 0. The van der Waals surface area contributed by atoms with E-state index in [2.05, 4.69) is 10.3 Å². The molecule has 0 aliphatic rings. The molecule has 0 aliphatic carbocycles. The maximum absolute atomic E-state index is 12.4. The molecular weight excluding hydrogens is 348 g/mol. The number of nitrogens with zero attached hydrogens (tertiary/aromatic N) is 4. The monoisotopic (exact) mass is 366 g/mol. The number of nitrogens with one attached hydrogen (secondary N) is 1. The van der Waals surface area contributed by atoms with E-state index in [1.165, 1.54) is 6.07 Å². The average molecular weight is 366 g/mol. The number of thioether (sulfide) groups is 1. The summed E-state index contributed by atoms with van der Waals surface area (Å²) in [5, 5.41) is 20.8. The summed E-state index contributed by atoms with van der Waals surface area (Å²) in [6, 6.07) is 12.7. The third-order valence-corrected chi connectivity index (χ3v) is 4.67. The van der Waals surface area contributed by atoms with E-state index in [0.29, 0.717) is 10.7 Å². The molecule has 2 aromatic rings. The number of rotatable bonds is 5. The minimum Gasteiger partial charge on any atom is -0.383 e. The number of hydrogen-bond donors (Lipinski definition) is 2. The molecule has 8 heteroatoms. The van der Waals surface area contributed by atoms with Crippen LogP contribution in [-0.2, 0) is 4.79 Å². The number of benzene rings is 1. The molecule has 2 rings (SSSR count). The summed E-state index contributed by atoms with van der Waals surface area (Å²) in [7, 11) is 3.88. The second-order valence-electron chi connectivity index (χ2n) is 5.69. The van der Waals surface area contributed by atoms with E-state index in [-0.39, 0.29) is 22.9 Å². The van der Waals surface area contributed by atoms with Gasteiger partial charge in [0.15, 0.2) is 0 Å². The van der Waals surface area contributed by atoms with Crippen LogP contribution in [0.5, 0.6) is 0 Å². The standard InChI is InChI=1S/C18H18N6OS/c1-11(17(25)22-14-4-6-15(7-5-14)24(2)3)26-18-13(10-20)8-12(9-19)16(21)23-18/h4-8,11H,1-3H3,(H2,21,23)(H,22,25). The van der Waals surface area contributed by atoms with Gasteiger partial charge in [0, 0.05) is 25.5 Å². The maximum Gasteiger partial charge on any atom is 0.237 e. The van der Waals surface area contributed by atoms with E-state index < -0.39 is 5.25 Å². The summed E-state index contributed by atoms with van der Waals surface area (Å²) in [6.07, 6.45) is 0. The van der Waals surface area contributed by atoms with Crippen molar-refractivity contribution in [2.45, 2.75) is 17.2 Å². The zero-order valence-electron chi connectivity index (χ0n) is 14.6. The van der Waals surface area contributed by atoms with Gasteiger partial charge in [-0.1, -0.05) is 11.8 Å². The van der Waals surface area contributed by atoms with E-state index in [0.717, 1.165) is 17.4 Å². The van der Waals surface area contributed by atoms with E-state index in [9.17, 15) is 10.1 Å². The minimum absolute atomic E-state index is 0.0425. The molecule has 1 aromatic heterocycles. The molecule has 26 heavy (non-hydrogen) atoms. The molecule has 0 saturated carbocycles. The molecule has 1 heterocycles. The highest BCUT2D eigenvalue weighted by Crippen LogP contribution is 2.28. The number of pyridine rings is 1. The van der Waals surface area contributed by atoms with Gasteiger partial charge in [-0.3, -0.25) is 4.79 Å². The van der Waals surface area contributed by atoms with Gasteiger partial charge in [-0.2, -0.15) is 10.5 Å². The quantitative estimate of drug-likeness (QED) is 0.781. The second-order valence-corrected chi connectivity index (χ2v) is 7.02. The number of nitriles is 2. The predicted octanol–water partition coefficient (Wildman–Crippen LogP) is 2.59. The molecule has 1 unspecified atom stereocenters. The Morgan fingerprint density at radius 1 is 1.23 bits per heavy atom. The lowest BCUT2D eigenvalue weighted by molar-refractivity contribution is -0.115. The Kier molecular flexibility index (Phi) is 6.05. The number of carbonyl (C=O) groups excluding carboxylic acids is 1. The van der Waals surface area contributed by atoms with Crippen LogP contribution in [0.15, 0.2) is 35.4 Å². The number of hydrogen-bond acceptors (Lipinski definition) is 7. The van der Waals surface area contributed by atoms with E-state index in [1.807, 2.05) is 55.4 Å². The Morgan fingerprint density at radius 3 is 2.38 bits per heavy atom. The summed E-state index contributed by atoms with van der Waals surface area (Å²) in [6.45, 7) is 1.71. The zero-order chi connectivity index (χ0) is 19.3. The maximum atomic E-state index is 12.4. The van der Waals surface area contributed by atoms with Crippen molar-refractivity contribution in [1.82, 2.24) is 4.98 Å². The van der Waals surface area contributed by atoms with Crippen LogP contribution in [0.3, 0.4) is 0 Å². The van der Waals surface area contributed by atoms with Crippen LogP contribution >= 0.6 is 11.8 Å². The fraction of sp³-hybridized carbons (Fsp3) is 0.222. The van der Waals surface area contributed by atoms with Gasteiger partial charge in [0.2, 0.25) is 5.91 Å². The summed E-state index contributed by atoms with van der Waals surface area (Å²) in [5.41, 5.74) is 7.78. The Balaban J connectivity index is 2.11. The Labute approximate surface area is 156 Å². The first kappa shape index (κ1) is 19.1. The topological polar surface area (TPSA) is 119 Å². The minimum atomic E-state index is -0.504. The summed E-state index contributed by atoms with van der Waals surface area (Å²) in [5.74, 6) is -0.179. The summed E-state index contributed by atoms with van der Waals surface area (Å²) >= 11 is 1.12. The van der Waals surface area contributed by atoms with Crippen molar-refractivity contribution < 1.29 is 4.79 Å². The molecule has 1 aromatic carbocycles. The van der Waals surface area contributed by atoms with Crippen molar-refractivity contribution in [3.05, 3.63) is 41.5 Å². The van der Waals surface area contributed by atoms with Crippen LogP contribution < -0.4 is 16.0 Å². The molecule has 132 valence electrons. The lowest BCUT2D eigenvalue weighted by Crippen LogP contribution is -2.22. The molecule has 0 saturated heterocycles. The SMILES string of the molecule is CC(Sc1nc(N)c(C#N)cc1C#N)C(=O)Nc1ccc(N(C)C)cc1. The Hall–Kier alpha value is -3.23. The number of anilines is 3. The van der Waals surface area contributed by atoms with Crippen LogP contribution in [0.25, 0.3) is 0 Å². The lowest BCUT2D eigenvalue weighted by Gasteiger charge is -2.15. The average Bonchev–Trinajstić information content (AvgIpc) is 2.62. The molecule has 7 nitrogen and oxygen atoms in total. The van der Waals surface area contributed by atoms with Gasteiger partial charge in [0.05, 0.1) is 16.4 Å². The van der Waals surface area contributed by atoms with Crippen LogP contribution in [0.2, 0.25) is 0 Å². The fourth-order valence-electron chi connectivity index (χ4n) is 2.08. The largest absolute Gasteiger partial charge is 0.383 e. The highest BCUT2D eigenvalue weighted by atomic mass is 32.2. The molecule has 0 aliphatic heterocycles. The molecule has 1 amide bonds. The zero-order valence-corrected chi connectivity index (χ0v) is 15.5. The van der Waals surface area contributed by atoms with Gasteiger partial charge in [0.1, 0.15) is 23.0 Å². The summed E-state index contributed by atoms with van der Waals surface area (Å²) in [4.78, 5) is 18.5. The Morgan fingerprint density at radius 2 is 1.85 bits per heavy atom. The number of amides is 1. The van der Waals surface area contributed by atoms with E-state index >= 15 is 0 Å². The fourth-order valence-corrected chi connectivity index (χ4v) is 2.96. The molecule has 0 fully saturated rings. The highest BCUT2D eigenvalue weighted by molar-refractivity contribution is 8.00. The van der Waals surface area contributed by atoms with Crippen LogP contribution in [0, 0.1) is 22.7 Å². The van der Waals surface area contributed by atoms with Crippen LogP contribution in [0.4, 0.5) is 17.2 Å². The first-order valence-electron chi connectivity index (χ1n) is 7.71. The van der Waals surface area contributed by atoms with Crippen LogP contribution in [-0.4, -0.2) is 30.2 Å². The van der Waals surface area contributed by atoms with Gasteiger partial charge < -0.3 is 16.0 Å². The number of carbonyl (C=O) groups is 1. The molecule has 0 bridgehead atoms. The van der Waals surface area contributed by atoms with E-state index in [4.69, 9.17) is 11.0 Å². The molecule has 0 spiro atoms. The lowest BCUT2D eigenvalue weighted by atomic mass is 10.2. The number of nitrogens with two attached hydrogens (primary N) is 1. The third kappa shape index (κ3) is 4.44. The molecular formula is C18H18N6OS. The van der Waals surface area contributed by atoms with Crippen molar-refractivity contribution in [2.75, 3.05) is 30.0 Å². The van der Waals surface area contributed by atoms with Crippen molar-refractivity contribution in [3.8, 4) is 12.1 Å². The molecule has 1 atom stereocenters. The predicted molar refractivity (Wildman–Crippen MR) is 103 cm³/mol. The highest BCUT2D eigenvalue weighted by Gasteiger charge is 2.19. The normalized spacial score (nSPS) is 11.1. The van der Waals surface area contributed by atoms with Crippen LogP contribution in [0.1, 0.15) is 18.1 Å². The smallest absolute Gasteiger partial charge is 0.237 e. The number of aromatic nitrogens is 1. The van der Waals surface area contributed by atoms with Gasteiger partial charge in [-0.25, -0.2) is 4.98 Å². The molecule has 3 N–H and O–H groups in total. The van der Waals surface area contributed by atoms with Gasteiger partial charge in [-0.15, -0.1) is 0 Å². The Bertz CT molecular complexity index is 896. The van der Waals surface area contributed by atoms with Crippen molar-refractivity contribution in [1.29, 1.82) is 10.5 Å². The van der Waals surface area contributed by atoms with Gasteiger partial charge >= 0.3 is 0 Å². The molecule has 0 radical (unpaired) electrons. The van der Waals surface area contributed by atoms with Crippen molar-refractivity contribution in [3.63, 3.8) is 0 Å². The first-order valence-corrected chi connectivity index (χ1v) is 8.59. The first-order chi connectivity index (χ1) is 12.3. The van der Waals surface area contributed by atoms with Gasteiger partial charge in [0.25, 0.3) is 0 Å². The van der Waals surface area contributed by atoms with Crippen molar-refractivity contribution in [2.24, 2.45) is 0 Å². The third-order valence-electron chi connectivity index (χ3n) is 3.57. The van der Waals surface area contributed by atoms with E-state index in [1.54, 1.807) is 6.92 Å². The second kappa shape index (κ2) is 8.24.